The molecule has 0 saturated carbocycles. The third-order valence-electron chi connectivity index (χ3n) is 4.24. The molecule has 0 aromatic heterocycles. The number of ether oxygens (including phenoxy) is 3. The lowest BCUT2D eigenvalue weighted by Crippen LogP contribution is -2.20. The zero-order chi connectivity index (χ0) is 19.3. The molecule has 0 aliphatic carbocycles. The Hall–Kier alpha value is -2.32. The highest BCUT2D eigenvalue weighted by Gasteiger charge is 2.18. The van der Waals surface area contributed by atoms with E-state index >= 15 is 0 Å². The summed E-state index contributed by atoms with van der Waals surface area (Å²) in [5, 5.41) is 2.67. The average Bonchev–Trinajstić information content (AvgIpc) is 3.21. The van der Waals surface area contributed by atoms with Crippen molar-refractivity contribution in [2.24, 2.45) is 0 Å². The van der Waals surface area contributed by atoms with Crippen LogP contribution in [0.1, 0.15) is 26.9 Å². The highest BCUT2D eigenvalue weighted by Crippen LogP contribution is 2.43. The van der Waals surface area contributed by atoms with E-state index in [4.69, 9.17) is 14.2 Å². The predicted octanol–water partition coefficient (Wildman–Crippen LogP) is 4.08. The van der Waals surface area contributed by atoms with Gasteiger partial charge in [0.2, 0.25) is 6.79 Å². The van der Waals surface area contributed by atoms with Crippen molar-refractivity contribution in [1.82, 2.24) is 0 Å². The maximum absolute atomic E-state index is 12.2. The van der Waals surface area contributed by atoms with Crippen LogP contribution in [0.5, 0.6) is 11.5 Å². The van der Waals surface area contributed by atoms with Crippen molar-refractivity contribution in [3.63, 3.8) is 0 Å². The maximum atomic E-state index is 12.2. The SMILES string of the molecule is O=C(COC(=O)c1ccc(C2SCCCS2)cc1)Nc1ccc2c(c1)OCO2. The minimum Gasteiger partial charge on any atom is -0.454 e. The summed E-state index contributed by atoms with van der Waals surface area (Å²) >= 11 is 3.86. The molecule has 2 aromatic rings. The number of benzene rings is 2. The second-order valence-electron chi connectivity index (χ2n) is 6.24. The topological polar surface area (TPSA) is 73.9 Å². The first-order valence-electron chi connectivity index (χ1n) is 8.89. The Morgan fingerprint density at radius 3 is 2.57 bits per heavy atom. The van der Waals surface area contributed by atoms with Crippen molar-refractivity contribution in [1.29, 1.82) is 0 Å². The lowest BCUT2D eigenvalue weighted by atomic mass is 10.1. The van der Waals surface area contributed by atoms with Crippen LogP contribution in [-0.2, 0) is 9.53 Å². The second-order valence-corrected chi connectivity index (χ2v) is 8.97. The quantitative estimate of drug-likeness (QED) is 0.735. The molecule has 4 rings (SSSR count). The summed E-state index contributed by atoms with van der Waals surface area (Å²) in [6.45, 7) is -0.190. The number of carbonyl (C=O) groups excluding carboxylic acids is 2. The van der Waals surface area contributed by atoms with Gasteiger partial charge in [0.25, 0.3) is 5.91 Å². The maximum Gasteiger partial charge on any atom is 0.338 e. The predicted molar refractivity (Wildman–Crippen MR) is 110 cm³/mol. The number of fused-ring (bicyclic) bond motifs is 1. The van der Waals surface area contributed by atoms with Crippen molar-refractivity contribution >= 4 is 41.1 Å². The minimum absolute atomic E-state index is 0.168. The fourth-order valence-corrected chi connectivity index (χ4v) is 5.74. The Morgan fingerprint density at radius 1 is 1.04 bits per heavy atom. The molecule has 1 amide bonds. The first-order valence-corrected chi connectivity index (χ1v) is 11.0. The molecule has 6 nitrogen and oxygen atoms in total. The fourth-order valence-electron chi connectivity index (χ4n) is 2.84. The van der Waals surface area contributed by atoms with Crippen LogP contribution in [0.4, 0.5) is 5.69 Å². The number of carbonyl (C=O) groups is 2. The lowest BCUT2D eigenvalue weighted by molar-refractivity contribution is -0.119. The summed E-state index contributed by atoms with van der Waals surface area (Å²) < 4.78 is 16.0. The van der Waals surface area contributed by atoms with Gasteiger partial charge in [-0.2, -0.15) is 0 Å². The van der Waals surface area contributed by atoms with E-state index in [-0.39, 0.29) is 13.4 Å². The summed E-state index contributed by atoms with van der Waals surface area (Å²) in [5.41, 5.74) is 2.19. The molecule has 0 bridgehead atoms. The van der Waals surface area contributed by atoms with Gasteiger partial charge in [0.05, 0.1) is 10.1 Å². The number of hydrogen-bond acceptors (Lipinski definition) is 7. The van der Waals surface area contributed by atoms with E-state index in [9.17, 15) is 9.59 Å². The lowest BCUT2D eigenvalue weighted by Gasteiger charge is -2.21. The molecule has 2 heterocycles. The average molecular weight is 418 g/mol. The third kappa shape index (κ3) is 4.56. The third-order valence-corrected chi connectivity index (χ3v) is 7.25. The number of anilines is 1. The molecule has 1 fully saturated rings. The molecule has 0 spiro atoms. The van der Waals surface area contributed by atoms with Gasteiger partial charge >= 0.3 is 5.97 Å². The van der Waals surface area contributed by atoms with Crippen molar-refractivity contribution in [3.8, 4) is 11.5 Å². The fraction of sp³-hybridized carbons (Fsp3) is 0.300. The highest BCUT2D eigenvalue weighted by atomic mass is 32.2. The van der Waals surface area contributed by atoms with Crippen LogP contribution >= 0.6 is 23.5 Å². The summed E-state index contributed by atoms with van der Waals surface area (Å²) in [5.74, 6) is 2.61. The normalized spacial score (nSPS) is 15.9. The van der Waals surface area contributed by atoms with Gasteiger partial charge < -0.3 is 19.5 Å². The van der Waals surface area contributed by atoms with Crippen LogP contribution < -0.4 is 14.8 Å². The molecule has 1 saturated heterocycles. The van der Waals surface area contributed by atoms with E-state index in [1.807, 2.05) is 35.7 Å². The van der Waals surface area contributed by atoms with Crippen LogP contribution in [0.2, 0.25) is 0 Å². The van der Waals surface area contributed by atoms with E-state index in [1.165, 1.54) is 23.5 Å². The van der Waals surface area contributed by atoms with E-state index < -0.39 is 11.9 Å². The van der Waals surface area contributed by atoms with Crippen molar-refractivity contribution in [2.75, 3.05) is 30.2 Å². The molecule has 2 aromatic carbocycles. The van der Waals surface area contributed by atoms with Gasteiger partial charge in [0.15, 0.2) is 18.1 Å². The number of thioether (sulfide) groups is 2. The number of hydrogen-bond donors (Lipinski definition) is 1. The molecular formula is C20H19NO5S2. The Bertz CT molecular complexity index is 865. The smallest absolute Gasteiger partial charge is 0.338 e. The van der Waals surface area contributed by atoms with E-state index in [2.05, 4.69) is 5.32 Å². The minimum atomic E-state index is -0.517. The van der Waals surface area contributed by atoms with Gasteiger partial charge in [-0.25, -0.2) is 4.79 Å². The van der Waals surface area contributed by atoms with Gasteiger partial charge in [-0.3, -0.25) is 4.79 Å². The Labute approximate surface area is 171 Å². The van der Waals surface area contributed by atoms with E-state index in [0.29, 0.717) is 27.3 Å². The van der Waals surface area contributed by atoms with Gasteiger partial charge in [-0.1, -0.05) is 12.1 Å². The van der Waals surface area contributed by atoms with Crippen LogP contribution in [-0.4, -0.2) is 36.8 Å². The molecule has 2 aliphatic heterocycles. The number of nitrogens with one attached hydrogen (secondary N) is 1. The van der Waals surface area contributed by atoms with Gasteiger partial charge in [0.1, 0.15) is 0 Å². The van der Waals surface area contributed by atoms with E-state index in [0.717, 1.165) is 0 Å². The summed E-state index contributed by atoms with van der Waals surface area (Å²) in [6, 6.07) is 12.5. The molecule has 8 heteroatoms. The molecular weight excluding hydrogens is 398 g/mol. The summed E-state index contributed by atoms with van der Waals surface area (Å²) in [6.07, 6.45) is 1.24. The van der Waals surface area contributed by atoms with Crippen molar-refractivity contribution < 1.29 is 23.8 Å². The molecule has 2 aliphatic rings. The largest absolute Gasteiger partial charge is 0.454 e. The van der Waals surface area contributed by atoms with Crippen LogP contribution in [0.15, 0.2) is 42.5 Å². The Kier molecular flexibility index (Phi) is 5.97. The molecule has 0 unspecified atom stereocenters. The monoisotopic (exact) mass is 417 g/mol. The number of rotatable bonds is 5. The molecule has 0 radical (unpaired) electrons. The van der Waals surface area contributed by atoms with Crippen LogP contribution in [0, 0.1) is 0 Å². The van der Waals surface area contributed by atoms with Gasteiger partial charge in [-0.15, -0.1) is 23.5 Å². The molecule has 28 heavy (non-hydrogen) atoms. The number of amides is 1. The summed E-state index contributed by atoms with van der Waals surface area (Å²) in [7, 11) is 0. The molecule has 1 N–H and O–H groups in total. The first-order chi connectivity index (χ1) is 13.7. The van der Waals surface area contributed by atoms with Gasteiger partial charge in [0, 0.05) is 11.8 Å². The highest BCUT2D eigenvalue weighted by molar-refractivity contribution is 8.16. The van der Waals surface area contributed by atoms with Crippen LogP contribution in [0.25, 0.3) is 0 Å². The number of esters is 1. The molecule has 146 valence electrons. The van der Waals surface area contributed by atoms with Gasteiger partial charge in [-0.05, 0) is 47.8 Å². The Balaban J connectivity index is 1.28. The first kappa shape index (κ1) is 19.0. The standard InChI is InChI=1S/C20H19NO5S2/c22-18(21-15-6-7-16-17(10-15)26-12-25-16)11-24-19(23)13-2-4-14(5-3-13)20-27-8-1-9-28-20/h2-7,10,20H,1,8-9,11-12H2,(H,21,22). The second kappa shape index (κ2) is 8.79. The zero-order valence-electron chi connectivity index (χ0n) is 15.0. The Morgan fingerprint density at radius 2 is 1.79 bits per heavy atom. The van der Waals surface area contributed by atoms with E-state index in [1.54, 1.807) is 30.3 Å². The molecule has 0 atom stereocenters. The summed E-state index contributed by atoms with van der Waals surface area (Å²) in [4.78, 5) is 24.2. The zero-order valence-corrected chi connectivity index (χ0v) is 16.6. The van der Waals surface area contributed by atoms with Crippen LogP contribution in [0.3, 0.4) is 0 Å². The van der Waals surface area contributed by atoms with Crippen molar-refractivity contribution in [2.45, 2.75) is 11.0 Å². The van der Waals surface area contributed by atoms with Crippen molar-refractivity contribution in [3.05, 3.63) is 53.6 Å².